The maximum absolute atomic E-state index is 10.5. The van der Waals surface area contributed by atoms with Gasteiger partial charge in [-0.25, -0.2) is 0 Å². The van der Waals surface area contributed by atoms with Crippen LogP contribution >= 0.6 is 15.9 Å². The van der Waals surface area contributed by atoms with Crippen LogP contribution in [0.2, 0.25) is 0 Å². The molecule has 0 aliphatic carbocycles. The second-order valence-corrected chi connectivity index (χ2v) is 5.90. The third-order valence-corrected chi connectivity index (χ3v) is 4.40. The Labute approximate surface area is 133 Å². The molecule has 2 rings (SSSR count). The molecule has 1 unspecified atom stereocenters. The molecule has 0 bridgehead atoms. The van der Waals surface area contributed by atoms with Crippen molar-refractivity contribution in [3.8, 4) is 5.75 Å². The molecule has 0 fully saturated rings. The SMILES string of the molecule is CCCOc1cccc(C(O)Cc2c(Br)c(C)nn2C)c1. The lowest BCUT2D eigenvalue weighted by atomic mass is 10.0. The molecular weight excluding hydrogens is 332 g/mol. The zero-order valence-corrected chi connectivity index (χ0v) is 14.2. The second-order valence-electron chi connectivity index (χ2n) is 5.11. The summed E-state index contributed by atoms with van der Waals surface area (Å²) in [6.45, 7) is 4.70. The first-order chi connectivity index (χ1) is 10.0. The first kappa shape index (κ1) is 16.0. The van der Waals surface area contributed by atoms with Crippen molar-refractivity contribution in [2.75, 3.05) is 6.61 Å². The molecule has 5 heteroatoms. The fourth-order valence-electron chi connectivity index (χ4n) is 2.23. The van der Waals surface area contributed by atoms with Gasteiger partial charge in [-0.1, -0.05) is 19.1 Å². The summed E-state index contributed by atoms with van der Waals surface area (Å²) in [6.07, 6.45) is 0.893. The van der Waals surface area contributed by atoms with Crippen molar-refractivity contribution in [3.63, 3.8) is 0 Å². The van der Waals surface area contributed by atoms with Crippen LogP contribution in [0.3, 0.4) is 0 Å². The lowest BCUT2D eigenvalue weighted by Crippen LogP contribution is -2.07. The summed E-state index contributed by atoms with van der Waals surface area (Å²) in [6, 6.07) is 7.64. The monoisotopic (exact) mass is 352 g/mol. The van der Waals surface area contributed by atoms with Crippen LogP contribution in [0.5, 0.6) is 5.75 Å². The standard InChI is InChI=1S/C16H21BrN2O2/c1-4-8-21-13-7-5-6-12(9-13)15(20)10-14-16(17)11(2)18-19(14)3/h5-7,9,15,20H,4,8,10H2,1-3H3. The van der Waals surface area contributed by atoms with Crippen LogP contribution in [0.25, 0.3) is 0 Å². The Bertz CT molecular complexity index is 610. The van der Waals surface area contributed by atoms with Gasteiger partial charge in [-0.3, -0.25) is 4.68 Å². The van der Waals surface area contributed by atoms with E-state index < -0.39 is 6.10 Å². The lowest BCUT2D eigenvalue weighted by Gasteiger charge is -2.13. The van der Waals surface area contributed by atoms with Gasteiger partial charge in [-0.15, -0.1) is 0 Å². The van der Waals surface area contributed by atoms with Crippen LogP contribution in [-0.2, 0) is 13.5 Å². The van der Waals surface area contributed by atoms with Crippen molar-refractivity contribution in [3.05, 3.63) is 45.7 Å². The van der Waals surface area contributed by atoms with E-state index in [9.17, 15) is 5.11 Å². The van der Waals surface area contributed by atoms with Crippen LogP contribution in [0.15, 0.2) is 28.7 Å². The van der Waals surface area contributed by atoms with Gasteiger partial charge >= 0.3 is 0 Å². The lowest BCUT2D eigenvalue weighted by molar-refractivity contribution is 0.175. The molecule has 1 aromatic carbocycles. The molecule has 0 saturated carbocycles. The minimum Gasteiger partial charge on any atom is -0.494 e. The maximum Gasteiger partial charge on any atom is 0.119 e. The summed E-state index contributed by atoms with van der Waals surface area (Å²) in [5.41, 5.74) is 2.77. The molecule has 0 aliphatic heterocycles. The Morgan fingerprint density at radius 3 is 2.81 bits per heavy atom. The zero-order chi connectivity index (χ0) is 15.4. The number of hydrogen-bond donors (Lipinski definition) is 1. The van der Waals surface area contributed by atoms with Crippen molar-refractivity contribution in [1.29, 1.82) is 0 Å². The van der Waals surface area contributed by atoms with Gasteiger partial charge < -0.3 is 9.84 Å². The van der Waals surface area contributed by atoms with Crippen molar-refractivity contribution in [2.45, 2.75) is 32.8 Å². The van der Waals surface area contributed by atoms with Crippen LogP contribution in [0.4, 0.5) is 0 Å². The zero-order valence-electron chi connectivity index (χ0n) is 12.6. The number of aromatic nitrogens is 2. The van der Waals surface area contributed by atoms with Crippen molar-refractivity contribution in [1.82, 2.24) is 9.78 Å². The third kappa shape index (κ3) is 3.86. The molecule has 0 saturated heterocycles. The van der Waals surface area contributed by atoms with Gasteiger partial charge in [0.05, 0.1) is 28.6 Å². The van der Waals surface area contributed by atoms with E-state index in [1.807, 2.05) is 38.2 Å². The van der Waals surface area contributed by atoms with Crippen molar-refractivity contribution < 1.29 is 9.84 Å². The highest BCUT2D eigenvalue weighted by atomic mass is 79.9. The summed E-state index contributed by atoms with van der Waals surface area (Å²) < 4.78 is 8.38. The molecule has 21 heavy (non-hydrogen) atoms. The summed E-state index contributed by atoms with van der Waals surface area (Å²) in [5.74, 6) is 0.800. The number of rotatable bonds is 6. The quantitative estimate of drug-likeness (QED) is 0.864. The molecule has 114 valence electrons. The first-order valence-electron chi connectivity index (χ1n) is 7.11. The summed E-state index contributed by atoms with van der Waals surface area (Å²) in [5, 5.41) is 14.8. The predicted octanol–water partition coefficient (Wildman–Crippen LogP) is 3.56. The highest BCUT2D eigenvalue weighted by Gasteiger charge is 2.16. The Kier molecular flexibility index (Phi) is 5.42. The number of benzene rings is 1. The van der Waals surface area contributed by atoms with Gasteiger partial charge in [0.2, 0.25) is 0 Å². The molecular formula is C16H21BrN2O2. The van der Waals surface area contributed by atoms with Gasteiger partial charge in [-0.2, -0.15) is 5.10 Å². The number of aryl methyl sites for hydroxylation is 2. The van der Waals surface area contributed by atoms with Gasteiger partial charge in [0, 0.05) is 13.5 Å². The molecule has 2 aromatic rings. The molecule has 0 aliphatic rings. The van der Waals surface area contributed by atoms with E-state index in [1.165, 1.54) is 0 Å². The summed E-state index contributed by atoms with van der Waals surface area (Å²) in [7, 11) is 1.89. The molecule has 1 aromatic heterocycles. The number of nitrogens with zero attached hydrogens (tertiary/aromatic N) is 2. The minimum atomic E-state index is -0.582. The maximum atomic E-state index is 10.5. The number of hydrogen-bond acceptors (Lipinski definition) is 3. The summed E-state index contributed by atoms with van der Waals surface area (Å²) >= 11 is 3.53. The average molecular weight is 353 g/mol. The van der Waals surface area contributed by atoms with E-state index in [2.05, 4.69) is 28.0 Å². The number of aliphatic hydroxyl groups is 1. The molecule has 1 N–H and O–H groups in total. The summed E-state index contributed by atoms with van der Waals surface area (Å²) in [4.78, 5) is 0. The largest absolute Gasteiger partial charge is 0.494 e. The normalized spacial score (nSPS) is 12.4. The van der Waals surface area contributed by atoms with Crippen molar-refractivity contribution >= 4 is 15.9 Å². The van der Waals surface area contributed by atoms with Gasteiger partial charge in [0.15, 0.2) is 0 Å². The minimum absolute atomic E-state index is 0.509. The fourth-order valence-corrected chi connectivity index (χ4v) is 2.73. The topological polar surface area (TPSA) is 47.3 Å². The van der Waals surface area contributed by atoms with Gasteiger partial charge in [0.25, 0.3) is 0 Å². The number of aliphatic hydroxyl groups excluding tert-OH is 1. The van der Waals surface area contributed by atoms with E-state index in [0.717, 1.165) is 33.6 Å². The van der Waals surface area contributed by atoms with E-state index >= 15 is 0 Å². The highest BCUT2D eigenvalue weighted by molar-refractivity contribution is 9.10. The number of halogens is 1. The first-order valence-corrected chi connectivity index (χ1v) is 7.91. The van der Waals surface area contributed by atoms with Gasteiger partial charge in [-0.05, 0) is 47.0 Å². The van der Waals surface area contributed by atoms with Crippen LogP contribution < -0.4 is 4.74 Å². The van der Waals surface area contributed by atoms with E-state index in [-0.39, 0.29) is 0 Å². The van der Waals surface area contributed by atoms with Crippen LogP contribution in [0, 0.1) is 6.92 Å². The molecule has 4 nitrogen and oxygen atoms in total. The average Bonchev–Trinajstić information content (AvgIpc) is 2.72. The van der Waals surface area contributed by atoms with E-state index in [1.54, 1.807) is 4.68 Å². The Balaban J connectivity index is 2.14. The van der Waals surface area contributed by atoms with E-state index in [0.29, 0.717) is 13.0 Å². The van der Waals surface area contributed by atoms with Crippen molar-refractivity contribution in [2.24, 2.45) is 7.05 Å². The fraction of sp³-hybridized carbons (Fsp3) is 0.438. The second kappa shape index (κ2) is 7.09. The molecule has 1 atom stereocenters. The molecule has 1 heterocycles. The highest BCUT2D eigenvalue weighted by Crippen LogP contribution is 2.27. The number of ether oxygens (including phenoxy) is 1. The molecule has 0 spiro atoms. The smallest absolute Gasteiger partial charge is 0.119 e. The van der Waals surface area contributed by atoms with Gasteiger partial charge in [0.1, 0.15) is 5.75 Å². The Morgan fingerprint density at radius 1 is 1.43 bits per heavy atom. The predicted molar refractivity (Wildman–Crippen MR) is 86.5 cm³/mol. The Hall–Kier alpha value is -1.33. The van der Waals surface area contributed by atoms with E-state index in [4.69, 9.17) is 4.74 Å². The Morgan fingerprint density at radius 2 is 2.19 bits per heavy atom. The molecule has 0 radical (unpaired) electrons. The molecule has 0 amide bonds. The third-order valence-electron chi connectivity index (χ3n) is 3.36. The van der Waals surface area contributed by atoms with Crippen LogP contribution in [-0.4, -0.2) is 21.5 Å². The van der Waals surface area contributed by atoms with Crippen LogP contribution in [0.1, 0.15) is 36.4 Å².